The fraction of sp³-hybridized carbons (Fsp3) is 0.478. The van der Waals surface area contributed by atoms with Gasteiger partial charge in [-0.3, -0.25) is 9.80 Å². The van der Waals surface area contributed by atoms with Crippen molar-refractivity contribution in [2.75, 3.05) is 47.6 Å². The van der Waals surface area contributed by atoms with E-state index < -0.39 is 0 Å². The molecule has 0 unspecified atom stereocenters. The van der Waals surface area contributed by atoms with Crippen LogP contribution in [0.4, 0.5) is 0 Å². The van der Waals surface area contributed by atoms with E-state index in [1.165, 1.54) is 5.56 Å². The van der Waals surface area contributed by atoms with Crippen LogP contribution in [0.2, 0.25) is 0 Å². The van der Waals surface area contributed by atoms with E-state index in [1.54, 1.807) is 21.3 Å². The number of nitrogens with zero attached hydrogens (tertiary/aromatic N) is 2. The van der Waals surface area contributed by atoms with Crippen molar-refractivity contribution in [2.24, 2.45) is 0 Å². The number of para-hydroxylation sites is 1. The van der Waals surface area contributed by atoms with E-state index in [0.717, 1.165) is 62.0 Å². The Balaban J connectivity index is 1.69. The van der Waals surface area contributed by atoms with Crippen LogP contribution in [0.15, 0.2) is 42.5 Å². The summed E-state index contributed by atoms with van der Waals surface area (Å²) in [5.41, 5.74) is 2.35. The molecule has 1 fully saturated rings. The molecule has 1 N–H and O–H groups in total. The molecule has 158 valence electrons. The van der Waals surface area contributed by atoms with Gasteiger partial charge in [-0.25, -0.2) is 0 Å². The Morgan fingerprint density at radius 2 is 1.66 bits per heavy atom. The van der Waals surface area contributed by atoms with Crippen LogP contribution < -0.4 is 14.2 Å². The highest BCUT2D eigenvalue weighted by molar-refractivity contribution is 5.38. The molecular weight excluding hydrogens is 368 g/mol. The zero-order valence-corrected chi connectivity index (χ0v) is 17.6. The summed E-state index contributed by atoms with van der Waals surface area (Å²) in [5.74, 6) is 2.53. The van der Waals surface area contributed by atoms with E-state index in [4.69, 9.17) is 14.2 Å². The molecule has 0 spiro atoms. The Labute approximate surface area is 173 Å². The number of aliphatic hydroxyl groups is 1. The Hall–Kier alpha value is -2.28. The van der Waals surface area contributed by atoms with Crippen LogP contribution in [-0.2, 0) is 13.1 Å². The first-order valence-electron chi connectivity index (χ1n) is 10.1. The monoisotopic (exact) mass is 400 g/mol. The third-order valence-corrected chi connectivity index (χ3v) is 5.53. The second-order valence-electron chi connectivity index (χ2n) is 7.40. The van der Waals surface area contributed by atoms with Gasteiger partial charge >= 0.3 is 0 Å². The maximum absolute atomic E-state index is 9.62. The number of rotatable bonds is 9. The number of piperazine rings is 1. The van der Waals surface area contributed by atoms with Gasteiger partial charge in [0.15, 0.2) is 0 Å². The van der Waals surface area contributed by atoms with Gasteiger partial charge in [-0.1, -0.05) is 18.2 Å². The average Bonchev–Trinajstić information content (AvgIpc) is 2.75. The van der Waals surface area contributed by atoms with Gasteiger partial charge < -0.3 is 19.3 Å². The lowest BCUT2D eigenvalue weighted by Gasteiger charge is -2.41. The molecule has 6 nitrogen and oxygen atoms in total. The average molecular weight is 401 g/mol. The summed E-state index contributed by atoms with van der Waals surface area (Å²) < 4.78 is 16.3. The number of methoxy groups -OCH3 is 3. The molecule has 3 rings (SSSR count). The summed E-state index contributed by atoms with van der Waals surface area (Å²) >= 11 is 0. The summed E-state index contributed by atoms with van der Waals surface area (Å²) in [5, 5.41) is 9.62. The Kier molecular flexibility index (Phi) is 7.75. The van der Waals surface area contributed by atoms with Crippen LogP contribution in [-0.4, -0.2) is 68.5 Å². The van der Waals surface area contributed by atoms with Crippen molar-refractivity contribution in [3.05, 3.63) is 53.6 Å². The van der Waals surface area contributed by atoms with Gasteiger partial charge in [-0.05, 0) is 30.2 Å². The lowest BCUT2D eigenvalue weighted by atomic mass is 10.1. The molecule has 1 aliphatic heterocycles. The van der Waals surface area contributed by atoms with E-state index in [0.29, 0.717) is 6.04 Å². The second-order valence-corrected chi connectivity index (χ2v) is 7.40. The molecule has 0 saturated carbocycles. The van der Waals surface area contributed by atoms with Gasteiger partial charge in [-0.2, -0.15) is 0 Å². The Morgan fingerprint density at radius 3 is 2.31 bits per heavy atom. The normalized spacial score (nSPS) is 17.9. The highest BCUT2D eigenvalue weighted by atomic mass is 16.5. The first kappa shape index (κ1) is 21.4. The predicted octanol–water partition coefficient (Wildman–Crippen LogP) is 2.78. The fourth-order valence-corrected chi connectivity index (χ4v) is 4.00. The molecule has 0 aliphatic carbocycles. The molecule has 2 aromatic rings. The Morgan fingerprint density at radius 1 is 0.931 bits per heavy atom. The first-order valence-corrected chi connectivity index (χ1v) is 10.1. The van der Waals surface area contributed by atoms with Crippen LogP contribution in [0.25, 0.3) is 0 Å². The zero-order chi connectivity index (χ0) is 20.6. The molecule has 0 aromatic heterocycles. The highest BCUT2D eigenvalue weighted by Crippen LogP contribution is 2.26. The van der Waals surface area contributed by atoms with Gasteiger partial charge in [-0.15, -0.1) is 0 Å². The second kappa shape index (κ2) is 10.5. The molecule has 1 heterocycles. The van der Waals surface area contributed by atoms with Gasteiger partial charge in [0.25, 0.3) is 0 Å². The van der Waals surface area contributed by atoms with Crippen LogP contribution in [0.3, 0.4) is 0 Å². The van der Waals surface area contributed by atoms with Gasteiger partial charge in [0.2, 0.25) is 0 Å². The van der Waals surface area contributed by atoms with E-state index in [2.05, 4.69) is 34.1 Å². The van der Waals surface area contributed by atoms with Crippen molar-refractivity contribution in [2.45, 2.75) is 25.6 Å². The van der Waals surface area contributed by atoms with Crippen LogP contribution in [0, 0.1) is 0 Å². The molecule has 0 bridgehead atoms. The highest BCUT2D eigenvalue weighted by Gasteiger charge is 2.27. The largest absolute Gasteiger partial charge is 0.497 e. The quantitative estimate of drug-likeness (QED) is 0.699. The predicted molar refractivity (Wildman–Crippen MR) is 114 cm³/mol. The minimum atomic E-state index is 0.186. The number of hydrogen-bond donors (Lipinski definition) is 1. The van der Waals surface area contributed by atoms with Crippen LogP contribution in [0.5, 0.6) is 17.2 Å². The summed E-state index contributed by atoms with van der Waals surface area (Å²) in [6.45, 7) is 4.68. The summed E-state index contributed by atoms with van der Waals surface area (Å²) in [7, 11) is 5.06. The van der Waals surface area contributed by atoms with Gasteiger partial charge in [0.1, 0.15) is 17.2 Å². The SMILES string of the molecule is COc1cc(CN2CCN(Cc3ccccc3OC)C[C@@H]2CCO)cc(OC)c1. The molecule has 1 saturated heterocycles. The lowest BCUT2D eigenvalue weighted by molar-refractivity contribution is 0.0495. The maximum atomic E-state index is 9.62. The smallest absolute Gasteiger partial charge is 0.123 e. The molecule has 0 amide bonds. The van der Waals surface area contributed by atoms with E-state index >= 15 is 0 Å². The number of ether oxygens (including phenoxy) is 3. The van der Waals surface area contributed by atoms with E-state index in [1.807, 2.05) is 18.2 Å². The Bertz CT molecular complexity index is 761. The van der Waals surface area contributed by atoms with Crippen LogP contribution in [0.1, 0.15) is 17.5 Å². The van der Waals surface area contributed by atoms with Gasteiger partial charge in [0, 0.05) is 57.0 Å². The maximum Gasteiger partial charge on any atom is 0.123 e. The third kappa shape index (κ3) is 5.63. The third-order valence-electron chi connectivity index (χ3n) is 5.53. The van der Waals surface area contributed by atoms with Crippen molar-refractivity contribution < 1.29 is 19.3 Å². The van der Waals surface area contributed by atoms with Crippen molar-refractivity contribution >= 4 is 0 Å². The van der Waals surface area contributed by atoms with Crippen molar-refractivity contribution in [3.8, 4) is 17.2 Å². The number of benzene rings is 2. The summed E-state index contributed by atoms with van der Waals surface area (Å²) in [6.07, 6.45) is 0.754. The van der Waals surface area contributed by atoms with Gasteiger partial charge in [0.05, 0.1) is 21.3 Å². The van der Waals surface area contributed by atoms with E-state index in [-0.39, 0.29) is 6.61 Å². The molecule has 1 aliphatic rings. The van der Waals surface area contributed by atoms with Crippen LogP contribution >= 0.6 is 0 Å². The topological polar surface area (TPSA) is 54.4 Å². The van der Waals surface area contributed by atoms with Crippen molar-refractivity contribution in [1.82, 2.24) is 9.80 Å². The molecule has 0 radical (unpaired) electrons. The lowest BCUT2D eigenvalue weighted by Crippen LogP contribution is -2.52. The summed E-state index contributed by atoms with van der Waals surface area (Å²) in [6, 6.07) is 14.5. The molecular formula is C23H32N2O4. The van der Waals surface area contributed by atoms with E-state index in [9.17, 15) is 5.11 Å². The zero-order valence-electron chi connectivity index (χ0n) is 17.6. The number of aliphatic hydroxyl groups excluding tert-OH is 1. The minimum absolute atomic E-state index is 0.186. The molecule has 2 aromatic carbocycles. The molecule has 1 atom stereocenters. The first-order chi connectivity index (χ1) is 14.2. The van der Waals surface area contributed by atoms with Crippen molar-refractivity contribution in [3.63, 3.8) is 0 Å². The molecule has 6 heteroatoms. The minimum Gasteiger partial charge on any atom is -0.497 e. The fourth-order valence-electron chi connectivity index (χ4n) is 4.00. The number of hydrogen-bond acceptors (Lipinski definition) is 6. The standard InChI is InChI=1S/C23H32N2O4/c1-27-21-12-18(13-22(14-21)28-2)15-25-10-9-24(17-20(25)8-11-26)16-19-6-4-5-7-23(19)29-3/h4-7,12-14,20,26H,8-11,15-17H2,1-3H3/t20-/m0/s1. The van der Waals surface area contributed by atoms with Crippen molar-refractivity contribution in [1.29, 1.82) is 0 Å². The summed E-state index contributed by atoms with van der Waals surface area (Å²) in [4.78, 5) is 4.89. The molecule has 29 heavy (non-hydrogen) atoms.